The Bertz CT molecular complexity index is 433. The van der Waals surface area contributed by atoms with Gasteiger partial charge in [0.25, 0.3) is 5.09 Å². The number of esters is 2. The van der Waals surface area contributed by atoms with Gasteiger partial charge in [-0.25, -0.2) is 4.79 Å². The van der Waals surface area contributed by atoms with Crippen LogP contribution in [0.5, 0.6) is 0 Å². The van der Waals surface area contributed by atoms with Crippen LogP contribution >= 0.6 is 0 Å². The summed E-state index contributed by atoms with van der Waals surface area (Å²) in [5.74, 6) is -1.24. The van der Waals surface area contributed by atoms with Gasteiger partial charge in [0.05, 0.1) is 24.7 Å². The first-order chi connectivity index (χ1) is 10.8. The average molecular weight is 331 g/mol. The molecule has 0 aromatic heterocycles. The van der Waals surface area contributed by atoms with E-state index in [1.807, 2.05) is 0 Å². The molecule has 0 heterocycles. The zero-order valence-electron chi connectivity index (χ0n) is 13.9. The lowest BCUT2D eigenvalue weighted by Gasteiger charge is -2.21. The fourth-order valence-corrected chi connectivity index (χ4v) is 2.47. The van der Waals surface area contributed by atoms with Crippen molar-refractivity contribution in [3.8, 4) is 0 Å². The first-order valence-electron chi connectivity index (χ1n) is 7.74. The first kappa shape index (κ1) is 20.9. The maximum absolute atomic E-state index is 12.1. The van der Waals surface area contributed by atoms with Gasteiger partial charge in [0, 0.05) is 0 Å². The van der Waals surface area contributed by atoms with E-state index >= 15 is 0 Å². The monoisotopic (exact) mass is 331 g/mol. The summed E-state index contributed by atoms with van der Waals surface area (Å²) in [6.07, 6.45) is 5.12. The SMILES string of the molecule is CCOC(=O)C(=C1CCCCC1)C(C)C(=O)OCC.O=[N+]([O-])O. The highest BCUT2D eigenvalue weighted by Gasteiger charge is 2.29. The molecule has 0 saturated heterocycles. The summed E-state index contributed by atoms with van der Waals surface area (Å²) in [7, 11) is 0. The summed E-state index contributed by atoms with van der Waals surface area (Å²) in [5.41, 5.74) is 1.60. The van der Waals surface area contributed by atoms with Crippen molar-refractivity contribution in [2.75, 3.05) is 13.2 Å². The molecule has 8 nitrogen and oxygen atoms in total. The van der Waals surface area contributed by atoms with Crippen LogP contribution in [0.15, 0.2) is 11.1 Å². The summed E-state index contributed by atoms with van der Waals surface area (Å²) in [6.45, 7) is 5.92. The van der Waals surface area contributed by atoms with Crippen molar-refractivity contribution in [3.05, 3.63) is 21.3 Å². The number of rotatable bonds is 5. The molecule has 0 radical (unpaired) electrons. The second kappa shape index (κ2) is 11.4. The molecule has 0 spiro atoms. The van der Waals surface area contributed by atoms with E-state index in [2.05, 4.69) is 0 Å². The lowest BCUT2D eigenvalue weighted by Crippen LogP contribution is -2.25. The van der Waals surface area contributed by atoms with E-state index in [9.17, 15) is 9.59 Å². The predicted octanol–water partition coefficient (Wildman–Crippen LogP) is 2.66. The maximum Gasteiger partial charge on any atom is 0.334 e. The third kappa shape index (κ3) is 8.18. The van der Waals surface area contributed by atoms with Crippen molar-refractivity contribution < 1.29 is 29.4 Å². The lowest BCUT2D eigenvalue weighted by molar-refractivity contribution is -0.742. The second-order valence-corrected chi connectivity index (χ2v) is 5.01. The molecule has 1 fully saturated rings. The zero-order valence-corrected chi connectivity index (χ0v) is 13.9. The summed E-state index contributed by atoms with van der Waals surface area (Å²) in [4.78, 5) is 32.3. The summed E-state index contributed by atoms with van der Waals surface area (Å²) < 4.78 is 10.1. The highest BCUT2D eigenvalue weighted by Crippen LogP contribution is 2.30. The molecule has 132 valence electrons. The minimum absolute atomic E-state index is 0.325. The molecular weight excluding hydrogens is 306 g/mol. The molecule has 1 aliphatic carbocycles. The summed E-state index contributed by atoms with van der Waals surface area (Å²) in [5, 5.41) is 13.6. The molecule has 0 aliphatic heterocycles. The zero-order chi connectivity index (χ0) is 17.8. The van der Waals surface area contributed by atoms with Crippen LogP contribution in [0, 0.1) is 16.0 Å². The minimum atomic E-state index is -1.50. The van der Waals surface area contributed by atoms with E-state index in [0.717, 1.165) is 31.3 Å². The number of hydrogen-bond donors (Lipinski definition) is 1. The van der Waals surface area contributed by atoms with Crippen molar-refractivity contribution in [3.63, 3.8) is 0 Å². The number of nitrogens with zero attached hydrogens (tertiary/aromatic N) is 1. The van der Waals surface area contributed by atoms with Crippen molar-refractivity contribution in [2.24, 2.45) is 5.92 Å². The molecule has 1 unspecified atom stereocenters. The van der Waals surface area contributed by atoms with Crippen LogP contribution in [0.25, 0.3) is 0 Å². The van der Waals surface area contributed by atoms with Gasteiger partial charge in [0.15, 0.2) is 0 Å². The molecule has 0 aromatic rings. The fourth-order valence-electron chi connectivity index (χ4n) is 2.47. The van der Waals surface area contributed by atoms with Crippen LogP contribution in [0.1, 0.15) is 52.9 Å². The smallest absolute Gasteiger partial charge is 0.334 e. The van der Waals surface area contributed by atoms with Gasteiger partial charge in [-0.1, -0.05) is 12.0 Å². The van der Waals surface area contributed by atoms with Crippen molar-refractivity contribution in [2.45, 2.75) is 52.9 Å². The molecule has 1 atom stereocenters. The Labute approximate surface area is 135 Å². The quantitative estimate of drug-likeness (QED) is 0.356. The molecule has 1 saturated carbocycles. The molecule has 1 rings (SSSR count). The topological polar surface area (TPSA) is 116 Å². The predicted molar refractivity (Wildman–Crippen MR) is 81.3 cm³/mol. The average Bonchev–Trinajstić information content (AvgIpc) is 2.48. The Hall–Kier alpha value is -2.12. The van der Waals surface area contributed by atoms with Gasteiger partial charge in [0.2, 0.25) is 0 Å². The van der Waals surface area contributed by atoms with Crippen molar-refractivity contribution >= 4 is 11.9 Å². The van der Waals surface area contributed by atoms with E-state index < -0.39 is 11.0 Å². The minimum Gasteiger partial charge on any atom is -0.466 e. The van der Waals surface area contributed by atoms with E-state index in [0.29, 0.717) is 18.8 Å². The van der Waals surface area contributed by atoms with Crippen LogP contribution in [0.2, 0.25) is 0 Å². The van der Waals surface area contributed by atoms with Gasteiger partial charge in [-0.3, -0.25) is 4.79 Å². The Morgan fingerprint density at radius 2 is 1.65 bits per heavy atom. The van der Waals surface area contributed by atoms with Gasteiger partial charge in [-0.05, 0) is 46.5 Å². The number of allylic oxidation sites excluding steroid dienone is 1. The molecule has 1 aliphatic rings. The van der Waals surface area contributed by atoms with Gasteiger partial charge >= 0.3 is 11.9 Å². The Morgan fingerprint density at radius 3 is 2.09 bits per heavy atom. The Morgan fingerprint density at radius 1 is 1.17 bits per heavy atom. The van der Waals surface area contributed by atoms with Gasteiger partial charge in [-0.2, -0.15) is 0 Å². The first-order valence-corrected chi connectivity index (χ1v) is 7.74. The van der Waals surface area contributed by atoms with Gasteiger partial charge in [0.1, 0.15) is 0 Å². The van der Waals surface area contributed by atoms with Crippen LogP contribution in [0.3, 0.4) is 0 Å². The highest BCUT2D eigenvalue weighted by atomic mass is 16.9. The van der Waals surface area contributed by atoms with Gasteiger partial charge in [-0.15, -0.1) is 10.1 Å². The van der Waals surface area contributed by atoms with Crippen molar-refractivity contribution in [1.29, 1.82) is 0 Å². The summed E-state index contributed by atoms with van der Waals surface area (Å²) >= 11 is 0. The van der Waals surface area contributed by atoms with Crippen LogP contribution in [-0.2, 0) is 19.1 Å². The second-order valence-electron chi connectivity index (χ2n) is 5.01. The normalized spacial score (nSPS) is 14.8. The van der Waals surface area contributed by atoms with Crippen LogP contribution in [0.4, 0.5) is 0 Å². The fraction of sp³-hybridized carbons (Fsp3) is 0.733. The van der Waals surface area contributed by atoms with E-state index in [-0.39, 0.29) is 11.9 Å². The van der Waals surface area contributed by atoms with E-state index in [1.165, 1.54) is 6.42 Å². The molecule has 0 amide bonds. The number of carbonyl (C=O) groups is 2. The Balaban J connectivity index is 0.00000108. The number of ether oxygens (including phenoxy) is 2. The molecule has 0 aromatic carbocycles. The third-order valence-corrected chi connectivity index (χ3v) is 3.41. The highest BCUT2D eigenvalue weighted by molar-refractivity contribution is 5.96. The van der Waals surface area contributed by atoms with E-state index in [4.69, 9.17) is 24.8 Å². The van der Waals surface area contributed by atoms with Crippen LogP contribution in [-0.4, -0.2) is 35.4 Å². The van der Waals surface area contributed by atoms with Gasteiger partial charge < -0.3 is 14.7 Å². The van der Waals surface area contributed by atoms with Crippen LogP contribution < -0.4 is 0 Å². The summed E-state index contributed by atoms with van der Waals surface area (Å²) in [6, 6.07) is 0. The number of hydrogen-bond acceptors (Lipinski definition) is 6. The largest absolute Gasteiger partial charge is 0.466 e. The lowest BCUT2D eigenvalue weighted by atomic mass is 9.86. The molecule has 1 N–H and O–H groups in total. The standard InChI is InChI=1S/C15H24O4.HNO3/c1-4-18-14(16)11(3)13(15(17)19-5-2)12-9-7-6-8-10-12;2-1(3)4/h11H,4-10H2,1-3H3;(H,2,3,4). The molecule has 0 bridgehead atoms. The maximum atomic E-state index is 12.1. The molecule has 23 heavy (non-hydrogen) atoms. The van der Waals surface area contributed by atoms with Crippen molar-refractivity contribution in [1.82, 2.24) is 0 Å². The Kier molecular flexibility index (Phi) is 10.4. The van der Waals surface area contributed by atoms with E-state index in [1.54, 1.807) is 20.8 Å². The third-order valence-electron chi connectivity index (χ3n) is 3.41. The number of carbonyl (C=O) groups excluding carboxylic acids is 2. The molecule has 8 heteroatoms. The molecular formula is C15H25NO7.